The summed E-state index contributed by atoms with van der Waals surface area (Å²) < 4.78 is 14.2. The second-order valence-electron chi connectivity index (χ2n) is 8.98. The van der Waals surface area contributed by atoms with Gasteiger partial charge in [0.25, 0.3) is 5.69 Å². The van der Waals surface area contributed by atoms with Gasteiger partial charge in [0, 0.05) is 18.3 Å². The molecule has 0 aliphatic carbocycles. The van der Waals surface area contributed by atoms with Gasteiger partial charge in [-0.15, -0.1) is 0 Å². The number of non-ortho nitro benzene ring substituents is 1. The maximum atomic E-state index is 10.9. The Balaban J connectivity index is 2.04. The van der Waals surface area contributed by atoms with Crippen molar-refractivity contribution >= 4 is 31.7 Å². The number of aromatic nitrogens is 2. The Hall–Kier alpha value is -1.97. The molecule has 2 heterocycles. The molecule has 0 radical (unpaired) electrons. The molecule has 1 aliphatic rings. The van der Waals surface area contributed by atoms with Crippen LogP contribution in [0.15, 0.2) is 30.5 Å². The Morgan fingerprint density at radius 3 is 2.04 bits per heavy atom. The Labute approximate surface area is 161 Å². The summed E-state index contributed by atoms with van der Waals surface area (Å²) in [6.07, 6.45) is 2.01. The molecule has 0 saturated carbocycles. The predicted octanol–water partition coefficient (Wildman–Crippen LogP) is 2.62. The van der Waals surface area contributed by atoms with Crippen molar-refractivity contribution < 1.29 is 14.2 Å². The first kappa shape index (κ1) is 19.8. The SMILES string of the molecule is CC1(C)OB(c2nn(-c3ccc([N+](=O)[O-])cc3)cc2[Si](C)(C)C)OC1(C)C. The van der Waals surface area contributed by atoms with E-state index in [0.717, 1.165) is 16.5 Å². The molecule has 0 bridgehead atoms. The topological polar surface area (TPSA) is 79.4 Å². The van der Waals surface area contributed by atoms with Gasteiger partial charge in [0.05, 0.1) is 35.5 Å². The minimum absolute atomic E-state index is 0.0579. The lowest BCUT2D eigenvalue weighted by Gasteiger charge is -2.32. The van der Waals surface area contributed by atoms with Crippen LogP contribution in [0.5, 0.6) is 0 Å². The third-order valence-electron chi connectivity index (χ3n) is 5.35. The van der Waals surface area contributed by atoms with Gasteiger partial charge >= 0.3 is 7.12 Å². The van der Waals surface area contributed by atoms with Gasteiger partial charge < -0.3 is 9.31 Å². The number of nitro groups is 1. The van der Waals surface area contributed by atoms with E-state index >= 15 is 0 Å². The minimum atomic E-state index is -1.73. The van der Waals surface area contributed by atoms with Crippen molar-refractivity contribution in [2.24, 2.45) is 0 Å². The van der Waals surface area contributed by atoms with Crippen molar-refractivity contribution in [1.29, 1.82) is 0 Å². The highest BCUT2D eigenvalue weighted by molar-refractivity contribution is 6.92. The molecule has 0 atom stereocenters. The molecule has 1 aliphatic heterocycles. The molecule has 1 fully saturated rings. The van der Waals surface area contributed by atoms with E-state index in [9.17, 15) is 10.1 Å². The van der Waals surface area contributed by atoms with Crippen LogP contribution >= 0.6 is 0 Å². The number of hydrogen-bond donors (Lipinski definition) is 0. The van der Waals surface area contributed by atoms with E-state index in [1.54, 1.807) is 16.8 Å². The maximum absolute atomic E-state index is 10.9. The minimum Gasteiger partial charge on any atom is -0.398 e. The number of hydrogen-bond acceptors (Lipinski definition) is 5. The number of nitro benzene ring substituents is 1. The standard InChI is InChI=1S/C18H26BN3O4Si/c1-17(2)18(3,4)26-19(25-17)16-15(27(5,6)7)12-21(20-16)13-8-10-14(11-9-13)22(23)24/h8-12H,1-7H3. The Bertz CT molecular complexity index is 856. The third kappa shape index (κ3) is 3.59. The van der Waals surface area contributed by atoms with E-state index in [1.807, 2.05) is 33.9 Å². The van der Waals surface area contributed by atoms with Gasteiger partial charge in [-0.3, -0.25) is 10.1 Å². The van der Waals surface area contributed by atoms with Gasteiger partial charge in [0.2, 0.25) is 0 Å². The first-order chi connectivity index (χ1) is 12.3. The Morgan fingerprint density at radius 2 is 1.59 bits per heavy atom. The molecule has 9 heteroatoms. The first-order valence-corrected chi connectivity index (χ1v) is 12.5. The van der Waals surface area contributed by atoms with E-state index in [2.05, 4.69) is 19.6 Å². The van der Waals surface area contributed by atoms with Crippen LogP contribution in [0.25, 0.3) is 5.69 Å². The lowest BCUT2D eigenvalue weighted by atomic mass is 9.85. The molecule has 7 nitrogen and oxygen atoms in total. The average molecular weight is 387 g/mol. The number of benzene rings is 1. The van der Waals surface area contributed by atoms with E-state index in [1.165, 1.54) is 12.1 Å². The second kappa shape index (κ2) is 6.29. The summed E-state index contributed by atoms with van der Waals surface area (Å²) in [4.78, 5) is 10.5. The normalized spacial score (nSPS) is 18.7. The van der Waals surface area contributed by atoms with Crippen LogP contribution in [0.2, 0.25) is 19.6 Å². The highest BCUT2D eigenvalue weighted by Gasteiger charge is 2.53. The van der Waals surface area contributed by atoms with Crippen LogP contribution in [0, 0.1) is 10.1 Å². The van der Waals surface area contributed by atoms with Crippen molar-refractivity contribution in [1.82, 2.24) is 9.78 Å². The summed E-state index contributed by atoms with van der Waals surface area (Å²) in [5.74, 6) is 0. The zero-order chi connectivity index (χ0) is 20.2. The number of rotatable bonds is 4. The number of nitrogens with zero attached hydrogens (tertiary/aromatic N) is 3. The fourth-order valence-electron chi connectivity index (χ4n) is 2.95. The fourth-order valence-corrected chi connectivity index (χ4v) is 4.40. The zero-order valence-corrected chi connectivity index (χ0v) is 17.9. The van der Waals surface area contributed by atoms with Crippen molar-refractivity contribution in [3.63, 3.8) is 0 Å². The summed E-state index contributed by atoms with van der Waals surface area (Å²) in [6.45, 7) is 14.8. The Kier molecular flexibility index (Phi) is 4.61. The first-order valence-electron chi connectivity index (χ1n) is 9.02. The van der Waals surface area contributed by atoms with Crippen LogP contribution in [0.3, 0.4) is 0 Å². The molecule has 3 rings (SSSR count). The molecule has 27 heavy (non-hydrogen) atoms. The molecular weight excluding hydrogens is 361 g/mol. The monoisotopic (exact) mass is 387 g/mol. The van der Waals surface area contributed by atoms with E-state index in [0.29, 0.717) is 0 Å². The van der Waals surface area contributed by atoms with Crippen LogP contribution in [-0.4, -0.2) is 41.1 Å². The van der Waals surface area contributed by atoms with Crippen LogP contribution in [0.4, 0.5) is 5.69 Å². The lowest BCUT2D eigenvalue weighted by molar-refractivity contribution is -0.384. The van der Waals surface area contributed by atoms with Crippen molar-refractivity contribution in [3.05, 3.63) is 40.6 Å². The molecule has 0 amide bonds. The quantitative estimate of drug-likeness (QED) is 0.458. The van der Waals surface area contributed by atoms with Gasteiger partial charge in [0.1, 0.15) is 0 Å². The zero-order valence-electron chi connectivity index (χ0n) is 16.9. The van der Waals surface area contributed by atoms with E-state index < -0.39 is 31.3 Å². The molecule has 2 aromatic rings. The van der Waals surface area contributed by atoms with Gasteiger partial charge in [-0.2, -0.15) is 5.10 Å². The van der Waals surface area contributed by atoms with Crippen molar-refractivity contribution in [2.75, 3.05) is 0 Å². The molecular formula is C18H26BN3O4Si. The largest absolute Gasteiger partial charge is 0.516 e. The van der Waals surface area contributed by atoms with E-state index in [-0.39, 0.29) is 5.69 Å². The molecule has 0 spiro atoms. The van der Waals surface area contributed by atoms with Crippen molar-refractivity contribution in [3.8, 4) is 5.69 Å². The van der Waals surface area contributed by atoms with Crippen LogP contribution in [-0.2, 0) is 9.31 Å². The molecule has 0 N–H and O–H groups in total. The van der Waals surface area contributed by atoms with Gasteiger partial charge in [0.15, 0.2) is 0 Å². The fraction of sp³-hybridized carbons (Fsp3) is 0.500. The molecule has 1 aromatic heterocycles. The van der Waals surface area contributed by atoms with Gasteiger partial charge in [-0.05, 0) is 45.0 Å². The summed E-state index contributed by atoms with van der Waals surface area (Å²) in [5.41, 5.74) is 0.744. The molecule has 0 unspecified atom stereocenters. The van der Waals surface area contributed by atoms with Crippen LogP contribution in [0.1, 0.15) is 27.7 Å². The summed E-state index contributed by atoms with van der Waals surface area (Å²) in [5, 5.41) is 16.8. The highest BCUT2D eigenvalue weighted by atomic mass is 28.3. The van der Waals surface area contributed by atoms with E-state index in [4.69, 9.17) is 14.4 Å². The van der Waals surface area contributed by atoms with Gasteiger partial charge in [-0.25, -0.2) is 4.68 Å². The maximum Gasteiger partial charge on any atom is 0.516 e. The summed E-state index contributed by atoms with van der Waals surface area (Å²) in [6, 6.07) is 6.37. The molecule has 144 valence electrons. The lowest BCUT2D eigenvalue weighted by Crippen LogP contribution is -2.53. The van der Waals surface area contributed by atoms with Gasteiger partial charge in [-0.1, -0.05) is 19.6 Å². The highest BCUT2D eigenvalue weighted by Crippen LogP contribution is 2.36. The average Bonchev–Trinajstić information content (AvgIpc) is 3.07. The molecule has 1 aromatic carbocycles. The molecule has 1 saturated heterocycles. The van der Waals surface area contributed by atoms with Crippen molar-refractivity contribution in [2.45, 2.75) is 58.5 Å². The smallest absolute Gasteiger partial charge is 0.398 e. The second-order valence-corrected chi connectivity index (χ2v) is 14.0. The third-order valence-corrected chi connectivity index (χ3v) is 7.35. The Morgan fingerprint density at radius 1 is 1.07 bits per heavy atom. The predicted molar refractivity (Wildman–Crippen MR) is 109 cm³/mol. The summed E-state index contributed by atoms with van der Waals surface area (Å²) >= 11 is 0. The van der Waals surface area contributed by atoms with Crippen LogP contribution < -0.4 is 10.8 Å². The summed E-state index contributed by atoms with van der Waals surface area (Å²) in [7, 11) is -2.26.